The minimum absolute atomic E-state index is 0.0791. The van der Waals surface area contributed by atoms with Gasteiger partial charge < -0.3 is 9.84 Å². The molecule has 2 aliphatic heterocycles. The lowest BCUT2D eigenvalue weighted by atomic mass is 10.0. The van der Waals surface area contributed by atoms with Gasteiger partial charge in [0.25, 0.3) is 5.91 Å². The molecule has 3 amide bonds. The van der Waals surface area contributed by atoms with Gasteiger partial charge in [-0.05, 0) is 34.1 Å². The fourth-order valence-electron chi connectivity index (χ4n) is 1.92. The molecule has 6 nitrogen and oxygen atoms in total. The number of hydrogen-bond acceptors (Lipinski definition) is 4. The van der Waals surface area contributed by atoms with Crippen LogP contribution in [0.1, 0.15) is 5.56 Å². The molecule has 1 aromatic carbocycles. The van der Waals surface area contributed by atoms with E-state index in [1.165, 1.54) is 6.08 Å². The lowest BCUT2D eigenvalue weighted by Crippen LogP contribution is -2.65. The normalized spacial score (nSPS) is 24.5. The Labute approximate surface area is 124 Å². The van der Waals surface area contributed by atoms with Gasteiger partial charge in [0.05, 0.1) is 4.47 Å². The van der Waals surface area contributed by atoms with Crippen LogP contribution in [-0.4, -0.2) is 23.0 Å². The first-order valence-corrected chi connectivity index (χ1v) is 6.74. The van der Waals surface area contributed by atoms with Gasteiger partial charge in [0.1, 0.15) is 11.3 Å². The molecule has 0 unspecified atom stereocenters. The van der Waals surface area contributed by atoms with Gasteiger partial charge in [-0.25, -0.2) is 4.79 Å². The highest BCUT2D eigenvalue weighted by Crippen LogP contribution is 2.41. The van der Waals surface area contributed by atoms with Crippen molar-refractivity contribution < 1.29 is 19.4 Å². The number of ether oxygens (including phenoxy) is 1. The predicted molar refractivity (Wildman–Crippen MR) is 72.1 cm³/mol. The number of urea groups is 1. The van der Waals surface area contributed by atoms with Crippen molar-refractivity contribution in [3.8, 4) is 5.75 Å². The van der Waals surface area contributed by atoms with E-state index in [4.69, 9.17) is 4.74 Å². The number of hydrogen-bond donors (Lipinski definition) is 3. The first-order valence-electron chi connectivity index (χ1n) is 5.15. The van der Waals surface area contributed by atoms with Crippen LogP contribution in [0.25, 0.3) is 6.08 Å². The third kappa shape index (κ3) is 1.96. The Kier molecular flexibility index (Phi) is 2.70. The minimum Gasteiger partial charge on any atom is -0.439 e. The molecule has 98 valence electrons. The van der Waals surface area contributed by atoms with E-state index in [1.807, 2.05) is 5.32 Å². The molecule has 0 radical (unpaired) electrons. The molecule has 1 aromatic rings. The summed E-state index contributed by atoms with van der Waals surface area (Å²) in [4.78, 5) is 23.0. The highest BCUT2D eigenvalue weighted by molar-refractivity contribution is 9.11. The van der Waals surface area contributed by atoms with Crippen molar-refractivity contribution in [1.29, 1.82) is 0 Å². The van der Waals surface area contributed by atoms with E-state index in [0.29, 0.717) is 15.8 Å². The first-order chi connectivity index (χ1) is 8.89. The zero-order chi connectivity index (χ0) is 13.8. The molecule has 1 fully saturated rings. The molecule has 3 N–H and O–H groups in total. The van der Waals surface area contributed by atoms with E-state index in [2.05, 4.69) is 37.2 Å². The van der Waals surface area contributed by atoms with E-state index in [-0.39, 0.29) is 5.57 Å². The fourth-order valence-corrected chi connectivity index (χ4v) is 3.26. The van der Waals surface area contributed by atoms with Gasteiger partial charge in [0.2, 0.25) is 0 Å². The quantitative estimate of drug-likeness (QED) is 0.627. The average Bonchev–Trinajstić information content (AvgIpc) is 2.27. The van der Waals surface area contributed by atoms with Crippen LogP contribution in [0.4, 0.5) is 4.79 Å². The standard InChI is InChI=1S/C11H6Br2N2O4/c12-5-1-4-2-6-9(16)14-10(17)15-11(6,18)19-8(4)7(13)3-5/h1-3,18H,(H2,14,15,16,17)/t11-/m1/s1. The zero-order valence-electron chi connectivity index (χ0n) is 9.16. The van der Waals surface area contributed by atoms with Gasteiger partial charge in [-0.15, -0.1) is 0 Å². The molecule has 3 rings (SSSR count). The number of nitrogens with one attached hydrogen (secondary N) is 2. The van der Waals surface area contributed by atoms with Crippen LogP contribution < -0.4 is 15.4 Å². The second-order valence-corrected chi connectivity index (χ2v) is 5.79. The van der Waals surface area contributed by atoms with Crippen molar-refractivity contribution in [2.24, 2.45) is 0 Å². The maximum Gasteiger partial charge on any atom is 0.327 e. The molecule has 0 aliphatic carbocycles. The summed E-state index contributed by atoms with van der Waals surface area (Å²) < 4.78 is 6.74. The Morgan fingerprint density at radius 2 is 2.00 bits per heavy atom. The Hall–Kier alpha value is -1.38. The Bertz CT molecular complexity index is 658. The lowest BCUT2D eigenvalue weighted by molar-refractivity contribution is -0.145. The Morgan fingerprint density at radius 1 is 1.26 bits per heavy atom. The molecular weight excluding hydrogens is 384 g/mol. The highest BCUT2D eigenvalue weighted by atomic mass is 79.9. The summed E-state index contributed by atoms with van der Waals surface area (Å²) in [7, 11) is 0. The molecule has 1 saturated heterocycles. The number of halogens is 2. The number of carbonyl (C=O) groups excluding carboxylic acids is 2. The molecule has 0 saturated carbocycles. The molecule has 1 atom stereocenters. The van der Waals surface area contributed by atoms with Gasteiger partial charge in [0.15, 0.2) is 0 Å². The van der Waals surface area contributed by atoms with Crippen LogP contribution >= 0.6 is 31.9 Å². The van der Waals surface area contributed by atoms with Crippen LogP contribution in [0.2, 0.25) is 0 Å². The van der Waals surface area contributed by atoms with Gasteiger partial charge in [-0.3, -0.25) is 15.4 Å². The van der Waals surface area contributed by atoms with Crippen LogP contribution in [0.5, 0.6) is 5.75 Å². The van der Waals surface area contributed by atoms with Crippen LogP contribution in [-0.2, 0) is 4.79 Å². The third-order valence-corrected chi connectivity index (χ3v) is 3.75. The summed E-state index contributed by atoms with van der Waals surface area (Å²) in [5, 5.41) is 14.5. The minimum atomic E-state index is -2.15. The SMILES string of the molecule is O=C1NC(=O)C2=Cc3cc(Br)cc(Br)c3O[C@@]2(O)N1. The van der Waals surface area contributed by atoms with Crippen molar-refractivity contribution >= 4 is 49.9 Å². The summed E-state index contributed by atoms with van der Waals surface area (Å²) in [5.74, 6) is -2.51. The number of rotatable bonds is 0. The van der Waals surface area contributed by atoms with Crippen molar-refractivity contribution in [1.82, 2.24) is 10.6 Å². The fraction of sp³-hybridized carbons (Fsp3) is 0.0909. The number of amides is 3. The molecule has 19 heavy (non-hydrogen) atoms. The second kappa shape index (κ2) is 4.06. The van der Waals surface area contributed by atoms with Gasteiger partial charge in [-0.1, -0.05) is 15.9 Å². The lowest BCUT2D eigenvalue weighted by Gasteiger charge is -2.37. The Morgan fingerprint density at radius 3 is 2.74 bits per heavy atom. The molecule has 2 heterocycles. The van der Waals surface area contributed by atoms with Crippen molar-refractivity contribution in [2.45, 2.75) is 5.91 Å². The third-order valence-electron chi connectivity index (χ3n) is 2.71. The number of carbonyl (C=O) groups is 2. The van der Waals surface area contributed by atoms with Crippen molar-refractivity contribution in [3.05, 3.63) is 32.2 Å². The average molecular weight is 390 g/mol. The smallest absolute Gasteiger partial charge is 0.327 e. The van der Waals surface area contributed by atoms with Crippen LogP contribution in [0.3, 0.4) is 0 Å². The van der Waals surface area contributed by atoms with E-state index < -0.39 is 17.8 Å². The zero-order valence-corrected chi connectivity index (χ0v) is 12.3. The van der Waals surface area contributed by atoms with Crippen molar-refractivity contribution in [2.75, 3.05) is 0 Å². The molecule has 0 aromatic heterocycles. The van der Waals surface area contributed by atoms with E-state index >= 15 is 0 Å². The largest absolute Gasteiger partial charge is 0.439 e. The van der Waals surface area contributed by atoms with Gasteiger partial charge in [0, 0.05) is 10.0 Å². The summed E-state index contributed by atoms with van der Waals surface area (Å²) in [6.45, 7) is 0. The summed E-state index contributed by atoms with van der Waals surface area (Å²) in [6, 6.07) is 2.64. The van der Waals surface area contributed by atoms with Gasteiger partial charge >= 0.3 is 11.9 Å². The molecular formula is C11H6Br2N2O4. The van der Waals surface area contributed by atoms with Crippen molar-refractivity contribution in [3.63, 3.8) is 0 Å². The topological polar surface area (TPSA) is 87.7 Å². The highest BCUT2D eigenvalue weighted by Gasteiger charge is 2.47. The van der Waals surface area contributed by atoms with E-state index in [1.54, 1.807) is 12.1 Å². The second-order valence-electron chi connectivity index (χ2n) is 4.02. The molecule has 0 bridgehead atoms. The molecule has 8 heteroatoms. The Balaban J connectivity index is 2.20. The van der Waals surface area contributed by atoms with Crippen LogP contribution in [0, 0.1) is 0 Å². The maximum atomic E-state index is 11.7. The van der Waals surface area contributed by atoms with Crippen LogP contribution in [0.15, 0.2) is 26.7 Å². The summed E-state index contributed by atoms with van der Waals surface area (Å²) in [5.41, 5.74) is 0.525. The predicted octanol–water partition coefficient (Wildman–Crippen LogP) is 1.47. The number of benzene rings is 1. The monoisotopic (exact) mass is 388 g/mol. The summed E-state index contributed by atoms with van der Waals surface area (Å²) in [6.07, 6.45) is 1.46. The maximum absolute atomic E-state index is 11.7. The number of fused-ring (bicyclic) bond motifs is 2. The molecule has 0 spiro atoms. The number of aliphatic hydroxyl groups is 1. The van der Waals surface area contributed by atoms with E-state index in [9.17, 15) is 14.7 Å². The molecule has 2 aliphatic rings. The first kappa shape index (κ1) is 12.6. The van der Waals surface area contributed by atoms with E-state index in [0.717, 1.165) is 4.47 Å². The van der Waals surface area contributed by atoms with Gasteiger partial charge in [-0.2, -0.15) is 0 Å². The number of imide groups is 1. The summed E-state index contributed by atoms with van der Waals surface area (Å²) >= 11 is 6.61.